The Labute approximate surface area is 118 Å². The van der Waals surface area contributed by atoms with Gasteiger partial charge in [-0.05, 0) is 42.5 Å². The Morgan fingerprint density at radius 1 is 1.16 bits per heavy atom. The molecule has 0 aliphatic rings. The molecule has 1 aromatic carbocycles. The molecule has 0 amide bonds. The van der Waals surface area contributed by atoms with Crippen molar-refractivity contribution < 1.29 is 4.74 Å². The second-order valence-electron chi connectivity index (χ2n) is 4.91. The molecule has 104 valence electrons. The van der Waals surface area contributed by atoms with Gasteiger partial charge in [0.2, 0.25) is 0 Å². The lowest BCUT2D eigenvalue weighted by Gasteiger charge is -2.12. The molecular formula is C18H26O. The first-order valence-corrected chi connectivity index (χ1v) is 7.44. The molecule has 0 fully saturated rings. The van der Waals surface area contributed by atoms with Crippen LogP contribution in [0, 0.1) is 17.8 Å². The summed E-state index contributed by atoms with van der Waals surface area (Å²) in [6, 6.07) is 6.48. The SMILES string of the molecule is CCC#CC(C)Cc1ccc(OCCC)cc1CC. The van der Waals surface area contributed by atoms with E-state index in [9.17, 15) is 0 Å². The predicted molar refractivity (Wildman–Crippen MR) is 82.5 cm³/mol. The zero-order valence-electron chi connectivity index (χ0n) is 12.8. The zero-order chi connectivity index (χ0) is 14.1. The normalized spacial score (nSPS) is 11.6. The Kier molecular flexibility index (Phi) is 7.11. The first-order chi connectivity index (χ1) is 9.21. The Balaban J connectivity index is 2.77. The third kappa shape index (κ3) is 5.39. The second-order valence-corrected chi connectivity index (χ2v) is 4.91. The first kappa shape index (κ1) is 15.6. The Hall–Kier alpha value is -1.42. The van der Waals surface area contributed by atoms with Crippen LogP contribution in [0.5, 0.6) is 5.75 Å². The molecule has 1 aromatic rings. The molecular weight excluding hydrogens is 232 g/mol. The topological polar surface area (TPSA) is 9.23 Å². The van der Waals surface area contributed by atoms with E-state index in [0.29, 0.717) is 5.92 Å². The minimum Gasteiger partial charge on any atom is -0.494 e. The van der Waals surface area contributed by atoms with E-state index >= 15 is 0 Å². The van der Waals surface area contributed by atoms with Gasteiger partial charge in [-0.3, -0.25) is 0 Å². The van der Waals surface area contributed by atoms with Crippen LogP contribution >= 0.6 is 0 Å². The quantitative estimate of drug-likeness (QED) is 0.676. The molecule has 0 heterocycles. The number of aryl methyl sites for hydroxylation is 1. The summed E-state index contributed by atoms with van der Waals surface area (Å²) in [5, 5.41) is 0. The molecule has 0 bridgehead atoms. The Morgan fingerprint density at radius 3 is 2.58 bits per heavy atom. The van der Waals surface area contributed by atoms with Gasteiger partial charge in [0.25, 0.3) is 0 Å². The largest absolute Gasteiger partial charge is 0.494 e. The van der Waals surface area contributed by atoms with Crippen LogP contribution in [0.2, 0.25) is 0 Å². The number of hydrogen-bond acceptors (Lipinski definition) is 1. The molecule has 0 radical (unpaired) electrons. The molecule has 0 N–H and O–H groups in total. The van der Waals surface area contributed by atoms with Crippen LogP contribution < -0.4 is 4.74 Å². The molecule has 1 atom stereocenters. The first-order valence-electron chi connectivity index (χ1n) is 7.44. The summed E-state index contributed by atoms with van der Waals surface area (Å²) in [6.07, 6.45) is 4.07. The maximum Gasteiger partial charge on any atom is 0.119 e. The van der Waals surface area contributed by atoms with Gasteiger partial charge in [0.05, 0.1) is 6.61 Å². The molecule has 1 heteroatoms. The monoisotopic (exact) mass is 258 g/mol. The molecule has 1 nitrogen and oxygen atoms in total. The van der Waals surface area contributed by atoms with Gasteiger partial charge in [-0.15, -0.1) is 5.92 Å². The molecule has 1 rings (SSSR count). The van der Waals surface area contributed by atoms with Crippen molar-refractivity contribution >= 4 is 0 Å². The average Bonchev–Trinajstić information content (AvgIpc) is 2.43. The molecule has 0 spiro atoms. The molecule has 1 unspecified atom stereocenters. The summed E-state index contributed by atoms with van der Waals surface area (Å²) in [6.45, 7) is 9.41. The number of ether oxygens (including phenoxy) is 1. The maximum atomic E-state index is 5.69. The highest BCUT2D eigenvalue weighted by Crippen LogP contribution is 2.21. The Bertz CT molecular complexity index is 437. The maximum absolute atomic E-state index is 5.69. The highest BCUT2D eigenvalue weighted by molar-refractivity contribution is 5.36. The smallest absolute Gasteiger partial charge is 0.119 e. The summed E-state index contributed by atoms with van der Waals surface area (Å²) in [7, 11) is 0. The van der Waals surface area contributed by atoms with E-state index in [0.717, 1.165) is 38.0 Å². The standard InChI is InChI=1S/C18H26O/c1-5-8-9-15(4)13-17-10-11-18(19-12-6-2)14-16(17)7-3/h10-11,14-15H,5-7,12-13H2,1-4H3. The molecule has 0 aliphatic carbocycles. The lowest BCUT2D eigenvalue weighted by molar-refractivity contribution is 0.317. The van der Waals surface area contributed by atoms with Crippen molar-refractivity contribution in [2.75, 3.05) is 6.61 Å². The van der Waals surface area contributed by atoms with Gasteiger partial charge in [0, 0.05) is 12.3 Å². The van der Waals surface area contributed by atoms with Crippen LogP contribution in [0.15, 0.2) is 18.2 Å². The molecule has 0 aromatic heterocycles. The third-order valence-corrected chi connectivity index (χ3v) is 3.08. The van der Waals surface area contributed by atoms with E-state index in [4.69, 9.17) is 4.74 Å². The molecule has 19 heavy (non-hydrogen) atoms. The van der Waals surface area contributed by atoms with E-state index in [1.165, 1.54) is 11.1 Å². The lowest BCUT2D eigenvalue weighted by Crippen LogP contribution is -2.02. The van der Waals surface area contributed by atoms with Crippen LogP contribution in [0.4, 0.5) is 0 Å². The van der Waals surface area contributed by atoms with Crippen molar-refractivity contribution in [1.29, 1.82) is 0 Å². The highest BCUT2D eigenvalue weighted by Gasteiger charge is 2.06. The predicted octanol–water partition coefficient (Wildman–Crippen LogP) is 4.63. The fraction of sp³-hybridized carbons (Fsp3) is 0.556. The van der Waals surface area contributed by atoms with Gasteiger partial charge in [0.15, 0.2) is 0 Å². The van der Waals surface area contributed by atoms with Gasteiger partial charge in [-0.25, -0.2) is 0 Å². The van der Waals surface area contributed by atoms with Crippen LogP contribution in [0.3, 0.4) is 0 Å². The number of hydrogen-bond donors (Lipinski definition) is 0. The van der Waals surface area contributed by atoms with Crippen LogP contribution in [0.25, 0.3) is 0 Å². The van der Waals surface area contributed by atoms with Crippen molar-refractivity contribution in [3.63, 3.8) is 0 Å². The van der Waals surface area contributed by atoms with E-state index in [1.54, 1.807) is 0 Å². The van der Waals surface area contributed by atoms with Crippen LogP contribution in [0.1, 0.15) is 51.7 Å². The van der Waals surface area contributed by atoms with Gasteiger partial charge >= 0.3 is 0 Å². The summed E-state index contributed by atoms with van der Waals surface area (Å²) in [5.74, 6) is 7.89. The van der Waals surface area contributed by atoms with Gasteiger partial charge in [0.1, 0.15) is 5.75 Å². The van der Waals surface area contributed by atoms with E-state index < -0.39 is 0 Å². The van der Waals surface area contributed by atoms with Gasteiger partial charge in [-0.1, -0.05) is 39.7 Å². The minimum atomic E-state index is 0.424. The highest BCUT2D eigenvalue weighted by atomic mass is 16.5. The van der Waals surface area contributed by atoms with Gasteiger partial charge < -0.3 is 4.74 Å². The average molecular weight is 258 g/mol. The zero-order valence-corrected chi connectivity index (χ0v) is 12.8. The van der Waals surface area contributed by atoms with E-state index in [-0.39, 0.29) is 0 Å². The fourth-order valence-corrected chi connectivity index (χ4v) is 2.10. The van der Waals surface area contributed by atoms with Crippen molar-refractivity contribution in [3.05, 3.63) is 29.3 Å². The number of rotatable bonds is 6. The molecule has 0 saturated carbocycles. The fourth-order valence-electron chi connectivity index (χ4n) is 2.10. The summed E-state index contributed by atoms with van der Waals surface area (Å²) in [5.41, 5.74) is 2.79. The molecule has 0 aliphatic heterocycles. The van der Waals surface area contributed by atoms with Gasteiger partial charge in [-0.2, -0.15) is 0 Å². The van der Waals surface area contributed by atoms with Crippen LogP contribution in [-0.4, -0.2) is 6.61 Å². The summed E-state index contributed by atoms with van der Waals surface area (Å²) < 4.78 is 5.69. The van der Waals surface area contributed by atoms with Crippen molar-refractivity contribution in [1.82, 2.24) is 0 Å². The third-order valence-electron chi connectivity index (χ3n) is 3.08. The van der Waals surface area contributed by atoms with E-state index in [1.807, 2.05) is 0 Å². The van der Waals surface area contributed by atoms with E-state index in [2.05, 4.69) is 57.7 Å². The Morgan fingerprint density at radius 2 is 1.95 bits per heavy atom. The van der Waals surface area contributed by atoms with Crippen LogP contribution in [-0.2, 0) is 12.8 Å². The molecule has 0 saturated heterocycles. The second kappa shape index (κ2) is 8.64. The van der Waals surface area contributed by atoms with Crippen molar-refractivity contribution in [3.8, 4) is 17.6 Å². The van der Waals surface area contributed by atoms with Crippen molar-refractivity contribution in [2.45, 2.75) is 53.4 Å². The summed E-state index contributed by atoms with van der Waals surface area (Å²) >= 11 is 0. The lowest BCUT2D eigenvalue weighted by atomic mass is 9.95. The minimum absolute atomic E-state index is 0.424. The number of benzene rings is 1. The van der Waals surface area contributed by atoms with Crippen molar-refractivity contribution in [2.24, 2.45) is 5.92 Å². The summed E-state index contributed by atoms with van der Waals surface area (Å²) in [4.78, 5) is 0.